The van der Waals surface area contributed by atoms with Crippen LogP contribution < -0.4 is 16.0 Å². The highest BCUT2D eigenvalue weighted by Gasteiger charge is 2.29. The minimum absolute atomic E-state index is 0.0889. The van der Waals surface area contributed by atoms with Gasteiger partial charge in [-0.05, 0) is 36.2 Å². The highest BCUT2D eigenvalue weighted by molar-refractivity contribution is 6.31. The number of hydrogen-bond donors (Lipinski definition) is 2. The van der Waals surface area contributed by atoms with E-state index in [-0.39, 0.29) is 17.3 Å². The molecule has 34 heavy (non-hydrogen) atoms. The summed E-state index contributed by atoms with van der Waals surface area (Å²) < 4.78 is 8.71. The van der Waals surface area contributed by atoms with Crippen molar-refractivity contribution < 1.29 is 14.6 Å². The summed E-state index contributed by atoms with van der Waals surface area (Å²) in [5.74, 6) is -0.698. The van der Waals surface area contributed by atoms with Crippen molar-refractivity contribution in [2.75, 3.05) is 0 Å². The van der Waals surface area contributed by atoms with Gasteiger partial charge in [0.05, 0.1) is 5.69 Å². The van der Waals surface area contributed by atoms with Crippen LogP contribution in [-0.2, 0) is 19.6 Å². The second-order valence-corrected chi connectivity index (χ2v) is 7.78. The van der Waals surface area contributed by atoms with Crippen LogP contribution in [0.15, 0.2) is 71.7 Å². The van der Waals surface area contributed by atoms with Gasteiger partial charge < -0.3 is 15.6 Å². The second-order valence-electron chi connectivity index (χ2n) is 7.37. The number of carboxylic acid groups (broad SMARTS) is 1. The van der Waals surface area contributed by atoms with Gasteiger partial charge in [-0.2, -0.15) is 4.98 Å². The Bertz CT molecular complexity index is 1370. The molecule has 10 heteroatoms. The molecule has 0 amide bonds. The first-order valence-electron chi connectivity index (χ1n) is 10.6. The van der Waals surface area contributed by atoms with Crippen LogP contribution in [0.25, 0.3) is 11.4 Å². The Morgan fingerprint density at radius 3 is 2.44 bits per heavy atom. The Balaban J connectivity index is 0.000000257. The summed E-state index contributed by atoms with van der Waals surface area (Å²) in [4.78, 5) is 32.3. The summed E-state index contributed by atoms with van der Waals surface area (Å²) in [6, 6.07) is 18.3. The minimum atomic E-state index is -1.27. The van der Waals surface area contributed by atoms with Gasteiger partial charge in [-0.1, -0.05) is 48.0 Å². The first-order chi connectivity index (χ1) is 16.5. The number of benzene rings is 2. The minimum Gasteiger partial charge on any atom is -0.477 e. The number of halogens is 1. The Hall–Kier alpha value is -3.95. The fourth-order valence-electron chi connectivity index (χ4n) is 3.65. The SMILES string of the molecule is NCc1ccccc1Cl.O=C(O)c1c(-c2ccnc(Oc3ccccc3)n2)n2n(c1=O)CCC2. The van der Waals surface area contributed by atoms with Crippen LogP contribution in [-0.4, -0.2) is 30.4 Å². The molecule has 0 spiro atoms. The molecule has 9 nitrogen and oxygen atoms in total. The summed E-state index contributed by atoms with van der Waals surface area (Å²) in [7, 11) is 0. The molecular formula is C24H22ClN5O4. The van der Waals surface area contributed by atoms with Crippen LogP contribution >= 0.6 is 11.6 Å². The molecule has 174 valence electrons. The average Bonchev–Trinajstić information content (AvgIpc) is 3.42. The quantitative estimate of drug-likeness (QED) is 0.446. The smallest absolute Gasteiger partial charge is 0.343 e. The molecule has 4 aromatic rings. The molecule has 0 bridgehead atoms. The number of para-hydroxylation sites is 1. The first kappa shape index (κ1) is 23.2. The van der Waals surface area contributed by atoms with Crippen molar-refractivity contribution in [3.8, 4) is 23.1 Å². The van der Waals surface area contributed by atoms with Crippen molar-refractivity contribution in [1.82, 2.24) is 19.3 Å². The van der Waals surface area contributed by atoms with Crippen molar-refractivity contribution >= 4 is 17.6 Å². The summed E-state index contributed by atoms with van der Waals surface area (Å²) in [6.07, 6.45) is 2.26. The average molecular weight is 480 g/mol. The van der Waals surface area contributed by atoms with Crippen LogP contribution in [0.4, 0.5) is 0 Å². The predicted molar refractivity (Wildman–Crippen MR) is 127 cm³/mol. The number of aromatic carboxylic acids is 1. The van der Waals surface area contributed by atoms with Crippen LogP contribution in [0.3, 0.4) is 0 Å². The van der Waals surface area contributed by atoms with E-state index in [4.69, 9.17) is 22.1 Å². The van der Waals surface area contributed by atoms with E-state index < -0.39 is 11.5 Å². The third-order valence-electron chi connectivity index (χ3n) is 5.19. The summed E-state index contributed by atoms with van der Waals surface area (Å²) in [5.41, 5.74) is 6.21. The third-order valence-corrected chi connectivity index (χ3v) is 5.56. The van der Waals surface area contributed by atoms with E-state index in [1.165, 1.54) is 10.9 Å². The largest absolute Gasteiger partial charge is 0.477 e. The predicted octanol–water partition coefficient (Wildman–Crippen LogP) is 3.80. The maximum atomic E-state index is 12.4. The Labute approximate surface area is 200 Å². The zero-order chi connectivity index (χ0) is 24.1. The number of nitrogens with zero attached hydrogens (tertiary/aromatic N) is 4. The molecule has 3 heterocycles. The highest BCUT2D eigenvalue weighted by atomic mass is 35.5. The van der Waals surface area contributed by atoms with Gasteiger partial charge in [-0.25, -0.2) is 14.5 Å². The van der Waals surface area contributed by atoms with Gasteiger partial charge in [0.25, 0.3) is 5.56 Å². The summed E-state index contributed by atoms with van der Waals surface area (Å²) in [5, 5.41) is 10.2. The topological polar surface area (TPSA) is 125 Å². The lowest BCUT2D eigenvalue weighted by Gasteiger charge is -2.08. The summed E-state index contributed by atoms with van der Waals surface area (Å²) >= 11 is 5.74. The number of fused-ring (bicyclic) bond motifs is 1. The zero-order valence-corrected chi connectivity index (χ0v) is 18.9. The molecule has 0 saturated heterocycles. The van der Waals surface area contributed by atoms with Gasteiger partial charge in [-0.15, -0.1) is 0 Å². The van der Waals surface area contributed by atoms with E-state index in [9.17, 15) is 14.7 Å². The van der Waals surface area contributed by atoms with Gasteiger partial charge in [-0.3, -0.25) is 9.48 Å². The van der Waals surface area contributed by atoms with Crippen molar-refractivity contribution in [3.05, 3.63) is 93.4 Å². The van der Waals surface area contributed by atoms with Gasteiger partial charge in [0.2, 0.25) is 0 Å². The lowest BCUT2D eigenvalue weighted by Crippen LogP contribution is -2.20. The van der Waals surface area contributed by atoms with Gasteiger partial charge in [0.15, 0.2) is 5.56 Å². The van der Waals surface area contributed by atoms with Gasteiger partial charge >= 0.3 is 12.0 Å². The first-order valence-corrected chi connectivity index (χ1v) is 10.9. The number of aromatic nitrogens is 4. The molecule has 0 unspecified atom stereocenters. The fraction of sp³-hybridized carbons (Fsp3) is 0.167. The lowest BCUT2D eigenvalue weighted by atomic mass is 10.2. The van der Waals surface area contributed by atoms with E-state index in [0.29, 0.717) is 31.1 Å². The van der Waals surface area contributed by atoms with E-state index >= 15 is 0 Å². The molecule has 2 aromatic carbocycles. The normalized spacial score (nSPS) is 11.9. The molecule has 0 atom stereocenters. The molecule has 0 radical (unpaired) electrons. The number of carboxylic acids is 1. The Kier molecular flexibility index (Phi) is 7.05. The van der Waals surface area contributed by atoms with Crippen LogP contribution in [0, 0.1) is 0 Å². The molecule has 3 N–H and O–H groups in total. The van der Waals surface area contributed by atoms with E-state index in [1.54, 1.807) is 22.9 Å². The van der Waals surface area contributed by atoms with Crippen LogP contribution in [0.5, 0.6) is 11.8 Å². The van der Waals surface area contributed by atoms with E-state index in [2.05, 4.69) is 9.97 Å². The molecule has 1 aliphatic heterocycles. The highest BCUT2D eigenvalue weighted by Crippen LogP contribution is 2.26. The van der Waals surface area contributed by atoms with Crippen LogP contribution in [0.1, 0.15) is 22.3 Å². The Morgan fingerprint density at radius 1 is 1.06 bits per heavy atom. The molecule has 1 aliphatic rings. The molecule has 0 aliphatic carbocycles. The van der Waals surface area contributed by atoms with Gasteiger partial charge in [0, 0.05) is 30.9 Å². The number of hydrogen-bond acceptors (Lipinski definition) is 6. The summed E-state index contributed by atoms with van der Waals surface area (Å²) in [6.45, 7) is 1.58. The van der Waals surface area contributed by atoms with Crippen molar-refractivity contribution in [1.29, 1.82) is 0 Å². The zero-order valence-electron chi connectivity index (χ0n) is 18.1. The maximum absolute atomic E-state index is 12.4. The number of nitrogens with two attached hydrogens (primary N) is 1. The van der Waals surface area contributed by atoms with Crippen LogP contribution in [0.2, 0.25) is 5.02 Å². The van der Waals surface area contributed by atoms with Crippen molar-refractivity contribution in [2.24, 2.45) is 5.73 Å². The van der Waals surface area contributed by atoms with E-state index in [1.807, 2.05) is 42.5 Å². The maximum Gasteiger partial charge on any atom is 0.343 e. The van der Waals surface area contributed by atoms with E-state index in [0.717, 1.165) is 17.0 Å². The van der Waals surface area contributed by atoms with Crippen molar-refractivity contribution in [2.45, 2.75) is 26.1 Å². The third kappa shape index (κ3) is 4.85. The second kappa shape index (κ2) is 10.3. The molecule has 0 fully saturated rings. The molecular weight excluding hydrogens is 458 g/mol. The molecule has 5 rings (SSSR count). The number of rotatable bonds is 5. The number of carbonyl (C=O) groups is 1. The Morgan fingerprint density at radius 2 is 1.76 bits per heavy atom. The lowest BCUT2D eigenvalue weighted by molar-refractivity contribution is 0.0696. The number of ether oxygens (including phenoxy) is 1. The molecule has 0 saturated carbocycles. The fourth-order valence-corrected chi connectivity index (χ4v) is 3.86. The van der Waals surface area contributed by atoms with Gasteiger partial charge in [0.1, 0.15) is 11.4 Å². The van der Waals surface area contributed by atoms with Crippen molar-refractivity contribution in [3.63, 3.8) is 0 Å². The monoisotopic (exact) mass is 479 g/mol. The standard InChI is InChI=1S/C17H14N4O4.C7H8ClN/c22-15-13(16(23)24)14(20-9-4-10-21(15)20)12-7-8-18-17(19-12)25-11-5-2-1-3-6-11;8-7-4-2-1-3-6(7)5-9/h1-3,5-8H,4,9-10H2,(H,23,24);1-4H,5,9H2. The molecule has 2 aromatic heterocycles.